The van der Waals surface area contributed by atoms with E-state index < -0.39 is 0 Å². The molecule has 0 aliphatic rings. The zero-order valence-electron chi connectivity index (χ0n) is 15.3. The van der Waals surface area contributed by atoms with Crippen LogP contribution in [0.4, 0.5) is 0 Å². The van der Waals surface area contributed by atoms with Crippen molar-refractivity contribution in [2.75, 3.05) is 14.2 Å². The maximum Gasteiger partial charge on any atom is 0.124 e. The van der Waals surface area contributed by atoms with Crippen molar-refractivity contribution in [3.63, 3.8) is 0 Å². The van der Waals surface area contributed by atoms with Crippen molar-refractivity contribution in [2.45, 2.75) is 39.8 Å². The molecule has 24 heavy (non-hydrogen) atoms. The van der Waals surface area contributed by atoms with E-state index in [0.29, 0.717) is 6.54 Å². The van der Waals surface area contributed by atoms with Crippen LogP contribution in [-0.4, -0.2) is 14.2 Å². The van der Waals surface area contributed by atoms with Crippen molar-refractivity contribution in [2.24, 2.45) is 0 Å². The van der Waals surface area contributed by atoms with Crippen molar-refractivity contribution in [1.29, 1.82) is 0 Å². The largest absolute Gasteiger partial charge is 0.496 e. The predicted molar refractivity (Wildman–Crippen MR) is 100 cm³/mol. The van der Waals surface area contributed by atoms with Crippen LogP contribution in [0.5, 0.6) is 11.5 Å². The van der Waals surface area contributed by atoms with Crippen LogP contribution in [0.3, 0.4) is 0 Å². The van der Waals surface area contributed by atoms with Crippen LogP contribution in [-0.2, 0) is 12.1 Å². The predicted octanol–water partition coefficient (Wildman–Crippen LogP) is 5.00. The number of hydrogen-bond donors (Lipinski definition) is 1. The second kappa shape index (κ2) is 7.45. The van der Waals surface area contributed by atoms with Gasteiger partial charge in [-0.05, 0) is 68.7 Å². The minimum Gasteiger partial charge on any atom is -0.496 e. The lowest BCUT2D eigenvalue weighted by molar-refractivity contribution is 0.352. The maximum absolute atomic E-state index is 6.16. The summed E-state index contributed by atoms with van der Waals surface area (Å²) in [6.45, 7) is 9.05. The number of methoxy groups -OCH3 is 2. The smallest absolute Gasteiger partial charge is 0.124 e. The van der Waals surface area contributed by atoms with Gasteiger partial charge in [0, 0.05) is 22.7 Å². The Kier molecular flexibility index (Phi) is 5.79. The number of aryl methyl sites for hydroxylation is 2. The highest BCUT2D eigenvalue weighted by molar-refractivity contribution is 6.30. The third kappa shape index (κ3) is 4.22. The van der Waals surface area contributed by atoms with E-state index in [9.17, 15) is 0 Å². The Labute approximate surface area is 149 Å². The molecule has 0 unspecified atom stereocenters. The highest BCUT2D eigenvalue weighted by atomic mass is 35.5. The summed E-state index contributed by atoms with van der Waals surface area (Å²) >= 11 is 6.16. The summed E-state index contributed by atoms with van der Waals surface area (Å²) in [5.74, 6) is 1.72. The van der Waals surface area contributed by atoms with E-state index in [1.807, 2.05) is 38.1 Å². The first-order valence-electron chi connectivity index (χ1n) is 8.01. The molecule has 2 rings (SSSR count). The Bertz CT molecular complexity index is 706. The molecule has 0 aliphatic carbocycles. The molecule has 2 aromatic carbocycles. The Morgan fingerprint density at radius 1 is 0.958 bits per heavy atom. The lowest BCUT2D eigenvalue weighted by Gasteiger charge is -2.29. The van der Waals surface area contributed by atoms with Gasteiger partial charge in [0.25, 0.3) is 0 Å². The van der Waals surface area contributed by atoms with Gasteiger partial charge < -0.3 is 14.8 Å². The van der Waals surface area contributed by atoms with Gasteiger partial charge in [-0.3, -0.25) is 0 Å². The summed E-state index contributed by atoms with van der Waals surface area (Å²) in [5.41, 5.74) is 4.14. The van der Waals surface area contributed by atoms with E-state index in [-0.39, 0.29) is 5.54 Å². The van der Waals surface area contributed by atoms with Gasteiger partial charge in [-0.15, -0.1) is 0 Å². The van der Waals surface area contributed by atoms with Crippen molar-refractivity contribution in [3.8, 4) is 11.5 Å². The maximum atomic E-state index is 6.16. The summed E-state index contributed by atoms with van der Waals surface area (Å²) in [6.07, 6.45) is 0. The molecule has 0 radical (unpaired) electrons. The summed E-state index contributed by atoms with van der Waals surface area (Å²) in [6, 6.07) is 10.2. The fourth-order valence-corrected chi connectivity index (χ4v) is 3.18. The summed E-state index contributed by atoms with van der Waals surface area (Å²) < 4.78 is 11.1. The van der Waals surface area contributed by atoms with Gasteiger partial charge in [0.05, 0.1) is 14.2 Å². The Hall–Kier alpha value is -1.71. The second-order valence-corrected chi connectivity index (χ2v) is 7.07. The summed E-state index contributed by atoms with van der Waals surface area (Å²) in [7, 11) is 3.38. The van der Waals surface area contributed by atoms with E-state index in [1.54, 1.807) is 14.2 Å². The Balaban J connectivity index is 2.29. The normalized spacial score (nSPS) is 11.5. The van der Waals surface area contributed by atoms with Crippen molar-refractivity contribution in [1.82, 2.24) is 5.32 Å². The molecule has 0 fully saturated rings. The minimum absolute atomic E-state index is 0.289. The molecule has 0 atom stereocenters. The molecule has 2 aromatic rings. The van der Waals surface area contributed by atoms with Crippen molar-refractivity contribution < 1.29 is 9.47 Å². The molecular formula is C20H26ClNO2. The van der Waals surface area contributed by atoms with Gasteiger partial charge in [0.1, 0.15) is 11.5 Å². The SMILES string of the molecule is COc1cc(C(C)(C)NCc2cc(C)cc(Cl)c2)c(OC)cc1C. The molecule has 3 nitrogen and oxygen atoms in total. The number of benzene rings is 2. The van der Waals surface area contributed by atoms with Crippen molar-refractivity contribution in [3.05, 3.63) is 57.6 Å². The lowest BCUT2D eigenvalue weighted by Crippen LogP contribution is -2.36. The third-order valence-electron chi connectivity index (χ3n) is 4.23. The number of hydrogen-bond acceptors (Lipinski definition) is 3. The van der Waals surface area contributed by atoms with E-state index >= 15 is 0 Å². The standard InChI is InChI=1S/C20H26ClNO2/c1-13-7-15(10-16(21)8-13)12-22-20(3,4)17-11-18(23-5)14(2)9-19(17)24-6/h7-11,22H,12H2,1-6H3. The molecule has 0 spiro atoms. The van der Waals surface area contributed by atoms with Gasteiger partial charge >= 0.3 is 0 Å². The van der Waals surface area contributed by atoms with E-state index in [1.165, 1.54) is 0 Å². The van der Waals surface area contributed by atoms with Crippen molar-refractivity contribution >= 4 is 11.6 Å². The van der Waals surface area contributed by atoms with Crippen LogP contribution in [0.15, 0.2) is 30.3 Å². The van der Waals surface area contributed by atoms with Gasteiger partial charge in [-0.25, -0.2) is 0 Å². The van der Waals surface area contributed by atoms with Crippen LogP contribution in [0.25, 0.3) is 0 Å². The van der Waals surface area contributed by atoms with Crippen LogP contribution < -0.4 is 14.8 Å². The third-order valence-corrected chi connectivity index (χ3v) is 4.44. The van der Waals surface area contributed by atoms with Gasteiger partial charge in [0.2, 0.25) is 0 Å². The van der Waals surface area contributed by atoms with Gasteiger partial charge in [-0.2, -0.15) is 0 Å². The molecule has 0 bridgehead atoms. The summed E-state index contributed by atoms with van der Waals surface area (Å²) in [5, 5.41) is 4.36. The van der Waals surface area contributed by atoms with E-state index in [0.717, 1.165) is 38.8 Å². The Morgan fingerprint density at radius 3 is 2.21 bits per heavy atom. The number of nitrogens with one attached hydrogen (secondary N) is 1. The topological polar surface area (TPSA) is 30.5 Å². The fraction of sp³-hybridized carbons (Fsp3) is 0.400. The van der Waals surface area contributed by atoms with Crippen LogP contribution in [0.2, 0.25) is 5.02 Å². The van der Waals surface area contributed by atoms with Crippen LogP contribution >= 0.6 is 11.6 Å². The fourth-order valence-electron chi connectivity index (χ4n) is 2.87. The molecule has 4 heteroatoms. The van der Waals surface area contributed by atoms with Gasteiger partial charge in [0.15, 0.2) is 0 Å². The quantitative estimate of drug-likeness (QED) is 0.797. The van der Waals surface area contributed by atoms with Crippen LogP contribution in [0, 0.1) is 13.8 Å². The molecule has 0 heterocycles. The molecule has 0 aliphatic heterocycles. The molecule has 130 valence electrons. The second-order valence-electron chi connectivity index (χ2n) is 6.64. The highest BCUT2D eigenvalue weighted by Gasteiger charge is 2.25. The molecule has 0 aromatic heterocycles. The zero-order valence-corrected chi connectivity index (χ0v) is 16.0. The summed E-state index contributed by atoms with van der Waals surface area (Å²) in [4.78, 5) is 0. The minimum atomic E-state index is -0.289. The molecule has 0 amide bonds. The lowest BCUT2D eigenvalue weighted by atomic mass is 9.91. The molecule has 1 N–H and O–H groups in total. The van der Waals surface area contributed by atoms with E-state index in [4.69, 9.17) is 21.1 Å². The van der Waals surface area contributed by atoms with E-state index in [2.05, 4.69) is 25.2 Å². The Morgan fingerprint density at radius 2 is 1.62 bits per heavy atom. The first kappa shape index (κ1) is 18.6. The average molecular weight is 348 g/mol. The average Bonchev–Trinajstić information content (AvgIpc) is 2.51. The monoisotopic (exact) mass is 347 g/mol. The zero-order chi connectivity index (χ0) is 17.9. The molecule has 0 saturated carbocycles. The first-order chi connectivity index (χ1) is 11.3. The molecular weight excluding hydrogens is 322 g/mol. The molecule has 0 saturated heterocycles. The van der Waals surface area contributed by atoms with Gasteiger partial charge in [-0.1, -0.05) is 17.7 Å². The first-order valence-corrected chi connectivity index (χ1v) is 8.39. The number of halogens is 1. The van der Waals surface area contributed by atoms with Crippen LogP contribution in [0.1, 0.15) is 36.1 Å². The highest BCUT2D eigenvalue weighted by Crippen LogP contribution is 2.35. The number of rotatable bonds is 6. The number of ether oxygens (including phenoxy) is 2.